The third kappa shape index (κ3) is 6.80. The van der Waals surface area contributed by atoms with E-state index in [0.29, 0.717) is 38.4 Å². The summed E-state index contributed by atoms with van der Waals surface area (Å²) in [6, 6.07) is 13.1. The standard InChI is InChI=1S/C21H25F3N2O2.ClH/c1-16-5-7-20(8-6-16)28-15-19(27)14-25-9-11-26(12-10-25)18-4-2-3-17(13-18)21(22,23)24;/h2-8,13,19,27H,9-12,14-15H2,1H3;1H. The van der Waals surface area contributed by atoms with Crippen LogP contribution >= 0.6 is 12.4 Å². The number of anilines is 1. The molecule has 1 aliphatic heterocycles. The fourth-order valence-corrected chi connectivity index (χ4v) is 3.25. The van der Waals surface area contributed by atoms with Crippen molar-refractivity contribution in [2.24, 2.45) is 0 Å². The average molecular weight is 431 g/mol. The van der Waals surface area contributed by atoms with E-state index in [1.807, 2.05) is 36.1 Å². The number of benzene rings is 2. The Hall–Kier alpha value is -1.96. The van der Waals surface area contributed by atoms with E-state index in [9.17, 15) is 18.3 Å². The minimum atomic E-state index is -4.33. The van der Waals surface area contributed by atoms with Gasteiger partial charge in [0.1, 0.15) is 18.5 Å². The van der Waals surface area contributed by atoms with Crippen LogP contribution in [0.15, 0.2) is 48.5 Å². The lowest BCUT2D eigenvalue weighted by atomic mass is 10.1. The Morgan fingerprint density at radius 3 is 2.31 bits per heavy atom. The summed E-state index contributed by atoms with van der Waals surface area (Å²) in [5.74, 6) is 0.721. The molecule has 0 radical (unpaired) electrons. The average Bonchev–Trinajstić information content (AvgIpc) is 2.68. The first kappa shape index (κ1) is 23.3. The Balaban J connectivity index is 0.00000300. The van der Waals surface area contributed by atoms with Gasteiger partial charge >= 0.3 is 6.18 Å². The van der Waals surface area contributed by atoms with Crippen molar-refractivity contribution in [1.29, 1.82) is 0 Å². The van der Waals surface area contributed by atoms with Gasteiger partial charge in [0.25, 0.3) is 0 Å². The summed E-state index contributed by atoms with van der Waals surface area (Å²) in [6.07, 6.45) is -4.96. The first-order valence-corrected chi connectivity index (χ1v) is 9.33. The quantitative estimate of drug-likeness (QED) is 0.751. The molecule has 0 amide bonds. The van der Waals surface area contributed by atoms with Gasteiger partial charge in [-0.1, -0.05) is 23.8 Å². The molecular formula is C21H26ClF3N2O2. The number of β-amino-alcohol motifs (C(OH)–C–C–N with tert-alkyl or cyclic N) is 1. The van der Waals surface area contributed by atoms with Crippen LogP contribution in [-0.2, 0) is 6.18 Å². The van der Waals surface area contributed by atoms with Gasteiger partial charge in [0.15, 0.2) is 0 Å². The number of hydrogen-bond donors (Lipinski definition) is 1. The highest BCUT2D eigenvalue weighted by Gasteiger charge is 2.31. The second-order valence-corrected chi connectivity index (χ2v) is 7.11. The minimum Gasteiger partial charge on any atom is -0.491 e. The van der Waals surface area contributed by atoms with Crippen LogP contribution in [-0.4, -0.2) is 55.4 Å². The minimum absolute atomic E-state index is 0. The molecule has 1 saturated heterocycles. The molecule has 0 aromatic heterocycles. The number of aliphatic hydroxyl groups excluding tert-OH is 1. The normalized spacial score (nSPS) is 16.2. The fraction of sp³-hybridized carbons (Fsp3) is 0.429. The molecule has 160 valence electrons. The van der Waals surface area contributed by atoms with Crippen molar-refractivity contribution in [2.75, 3.05) is 44.2 Å². The summed E-state index contributed by atoms with van der Waals surface area (Å²) in [7, 11) is 0. The summed E-state index contributed by atoms with van der Waals surface area (Å²) in [4.78, 5) is 4.05. The topological polar surface area (TPSA) is 35.9 Å². The van der Waals surface area contributed by atoms with Crippen molar-refractivity contribution in [2.45, 2.75) is 19.2 Å². The van der Waals surface area contributed by atoms with E-state index in [2.05, 4.69) is 4.90 Å². The van der Waals surface area contributed by atoms with E-state index in [4.69, 9.17) is 4.74 Å². The molecule has 1 unspecified atom stereocenters. The number of aryl methyl sites for hydroxylation is 1. The highest BCUT2D eigenvalue weighted by atomic mass is 35.5. The monoisotopic (exact) mass is 430 g/mol. The van der Waals surface area contributed by atoms with Crippen molar-refractivity contribution in [3.63, 3.8) is 0 Å². The Kier molecular flexibility index (Phi) is 8.19. The van der Waals surface area contributed by atoms with Crippen LogP contribution in [0.25, 0.3) is 0 Å². The zero-order chi connectivity index (χ0) is 20.1. The molecule has 2 aromatic carbocycles. The van der Waals surface area contributed by atoms with Crippen molar-refractivity contribution in [1.82, 2.24) is 4.90 Å². The zero-order valence-corrected chi connectivity index (χ0v) is 17.0. The van der Waals surface area contributed by atoms with Gasteiger partial charge in [-0.2, -0.15) is 13.2 Å². The highest BCUT2D eigenvalue weighted by molar-refractivity contribution is 5.85. The number of rotatable bonds is 6. The van der Waals surface area contributed by atoms with E-state index in [1.54, 1.807) is 6.07 Å². The van der Waals surface area contributed by atoms with Crippen LogP contribution in [0.1, 0.15) is 11.1 Å². The lowest BCUT2D eigenvalue weighted by Gasteiger charge is -2.37. The molecule has 29 heavy (non-hydrogen) atoms. The maximum atomic E-state index is 12.9. The van der Waals surface area contributed by atoms with Crippen molar-refractivity contribution < 1.29 is 23.0 Å². The second-order valence-electron chi connectivity index (χ2n) is 7.11. The van der Waals surface area contributed by atoms with E-state index in [0.717, 1.165) is 17.4 Å². The number of hydrogen-bond acceptors (Lipinski definition) is 4. The third-order valence-corrected chi connectivity index (χ3v) is 4.84. The molecule has 1 heterocycles. The van der Waals surface area contributed by atoms with Gasteiger partial charge in [0.2, 0.25) is 0 Å². The maximum absolute atomic E-state index is 12.9. The Morgan fingerprint density at radius 2 is 1.69 bits per heavy atom. The number of nitrogens with zero attached hydrogens (tertiary/aromatic N) is 2. The predicted octanol–water partition coefficient (Wildman–Crippen LogP) is 4.00. The van der Waals surface area contributed by atoms with Crippen LogP contribution < -0.4 is 9.64 Å². The Bertz CT molecular complexity index is 763. The van der Waals surface area contributed by atoms with Gasteiger partial charge in [0, 0.05) is 38.4 Å². The molecule has 1 N–H and O–H groups in total. The van der Waals surface area contributed by atoms with Gasteiger partial charge < -0.3 is 14.7 Å². The number of aliphatic hydroxyl groups is 1. The van der Waals surface area contributed by atoms with Crippen LogP contribution in [0.2, 0.25) is 0 Å². The lowest BCUT2D eigenvalue weighted by Crippen LogP contribution is -2.49. The first-order chi connectivity index (χ1) is 13.3. The van der Waals surface area contributed by atoms with E-state index in [1.165, 1.54) is 12.1 Å². The van der Waals surface area contributed by atoms with Gasteiger partial charge in [0.05, 0.1) is 5.56 Å². The summed E-state index contributed by atoms with van der Waals surface area (Å²) >= 11 is 0. The molecule has 3 rings (SSSR count). The Labute approximate surface area is 175 Å². The Morgan fingerprint density at radius 1 is 1.03 bits per heavy atom. The van der Waals surface area contributed by atoms with Crippen LogP contribution in [0, 0.1) is 6.92 Å². The summed E-state index contributed by atoms with van der Waals surface area (Å²) in [5, 5.41) is 10.2. The van der Waals surface area contributed by atoms with Crippen molar-refractivity contribution in [3.05, 3.63) is 59.7 Å². The maximum Gasteiger partial charge on any atom is 0.416 e. The van der Waals surface area contributed by atoms with Gasteiger partial charge in [-0.3, -0.25) is 4.90 Å². The molecule has 1 aliphatic rings. The SMILES string of the molecule is Cc1ccc(OCC(O)CN2CCN(c3cccc(C(F)(F)F)c3)CC2)cc1.Cl. The summed E-state index contributed by atoms with van der Waals surface area (Å²) in [5.41, 5.74) is 1.10. The molecule has 1 fully saturated rings. The third-order valence-electron chi connectivity index (χ3n) is 4.84. The summed E-state index contributed by atoms with van der Waals surface area (Å²) in [6.45, 7) is 5.27. The largest absolute Gasteiger partial charge is 0.491 e. The van der Waals surface area contributed by atoms with Crippen LogP contribution in [0.4, 0.5) is 18.9 Å². The van der Waals surface area contributed by atoms with Gasteiger partial charge in [-0.15, -0.1) is 12.4 Å². The fourth-order valence-electron chi connectivity index (χ4n) is 3.25. The predicted molar refractivity (Wildman–Crippen MR) is 110 cm³/mol. The smallest absolute Gasteiger partial charge is 0.416 e. The molecule has 8 heteroatoms. The molecule has 0 spiro atoms. The molecule has 0 bridgehead atoms. The van der Waals surface area contributed by atoms with Crippen molar-refractivity contribution in [3.8, 4) is 5.75 Å². The van der Waals surface area contributed by atoms with Gasteiger partial charge in [-0.05, 0) is 37.3 Å². The highest BCUT2D eigenvalue weighted by Crippen LogP contribution is 2.31. The molecule has 1 atom stereocenters. The number of halogens is 4. The second kappa shape index (κ2) is 10.2. The van der Waals surface area contributed by atoms with Crippen LogP contribution in [0.3, 0.4) is 0 Å². The number of ether oxygens (including phenoxy) is 1. The number of piperazine rings is 1. The van der Waals surface area contributed by atoms with E-state index in [-0.39, 0.29) is 19.0 Å². The first-order valence-electron chi connectivity index (χ1n) is 9.33. The summed E-state index contributed by atoms with van der Waals surface area (Å²) < 4.78 is 44.3. The van der Waals surface area contributed by atoms with E-state index >= 15 is 0 Å². The molecule has 4 nitrogen and oxygen atoms in total. The molecule has 0 saturated carbocycles. The van der Waals surface area contributed by atoms with Crippen LogP contribution in [0.5, 0.6) is 5.75 Å². The molecular weight excluding hydrogens is 405 g/mol. The molecule has 0 aliphatic carbocycles. The zero-order valence-electron chi connectivity index (χ0n) is 16.2. The van der Waals surface area contributed by atoms with Gasteiger partial charge in [-0.25, -0.2) is 0 Å². The van der Waals surface area contributed by atoms with Crippen molar-refractivity contribution >= 4 is 18.1 Å². The lowest BCUT2D eigenvalue weighted by molar-refractivity contribution is -0.137. The van der Waals surface area contributed by atoms with E-state index < -0.39 is 17.8 Å². The number of alkyl halides is 3. The molecule has 2 aromatic rings.